The van der Waals surface area contributed by atoms with Crippen LogP contribution in [0.2, 0.25) is 0 Å². The minimum Gasteiger partial charge on any atom is -0.481 e. The van der Waals surface area contributed by atoms with Crippen LogP contribution in [0.1, 0.15) is 68.2 Å². The molecule has 0 spiro atoms. The zero-order chi connectivity index (χ0) is 30.5. The predicted octanol–water partition coefficient (Wildman–Crippen LogP) is 2.37. The van der Waals surface area contributed by atoms with Crippen LogP contribution < -0.4 is 22.9 Å². The van der Waals surface area contributed by atoms with Gasteiger partial charge in [0.2, 0.25) is 0 Å². The highest BCUT2D eigenvalue weighted by Crippen LogP contribution is 2.17. The van der Waals surface area contributed by atoms with E-state index in [9.17, 15) is 9.59 Å². The Hall–Kier alpha value is -3.40. The van der Waals surface area contributed by atoms with Gasteiger partial charge in [-0.15, -0.1) is 24.8 Å². The number of azo groups is 2. The molecule has 0 rings (SSSR count). The van der Waals surface area contributed by atoms with Crippen LogP contribution in [0.25, 0.3) is 0 Å². The molecule has 0 aromatic rings. The molecular weight excluding hydrogens is 567 g/mol. The number of carbonyl (C=O) groups is 2. The molecule has 0 radical (unpaired) electrons. The van der Waals surface area contributed by atoms with E-state index in [0.29, 0.717) is 0 Å². The fraction of sp³-hybridized carbons (Fsp3) is 0.727. The molecule has 0 fully saturated rings. The number of aliphatic imine (C=N–C) groups is 2. The number of amidine groups is 4. The van der Waals surface area contributed by atoms with Gasteiger partial charge in [-0.2, -0.15) is 20.5 Å². The molecule has 0 atom stereocenters. The van der Waals surface area contributed by atoms with Crippen molar-refractivity contribution < 1.29 is 19.8 Å². The highest BCUT2D eigenvalue weighted by atomic mass is 35.5. The molecule has 232 valence electrons. The van der Waals surface area contributed by atoms with E-state index in [1.54, 1.807) is 55.4 Å². The van der Waals surface area contributed by atoms with Crippen LogP contribution in [0.4, 0.5) is 0 Å². The van der Waals surface area contributed by atoms with Crippen molar-refractivity contribution in [3.63, 3.8) is 0 Å². The molecule has 18 heteroatoms. The molecule has 0 bridgehead atoms. The summed E-state index contributed by atoms with van der Waals surface area (Å²) in [6, 6.07) is 0. The van der Waals surface area contributed by atoms with Crippen molar-refractivity contribution in [2.45, 2.75) is 90.4 Å². The van der Waals surface area contributed by atoms with Gasteiger partial charge in [-0.1, -0.05) is 0 Å². The molecule has 0 saturated heterocycles. The van der Waals surface area contributed by atoms with Crippen molar-refractivity contribution in [1.29, 1.82) is 10.8 Å². The van der Waals surface area contributed by atoms with E-state index in [2.05, 4.69) is 30.4 Å². The lowest BCUT2D eigenvalue weighted by Crippen LogP contribution is -2.40. The number of carboxylic acid groups (broad SMARTS) is 2. The maximum absolute atomic E-state index is 10.5. The summed E-state index contributed by atoms with van der Waals surface area (Å²) in [6.07, 6.45) is -0.245. The lowest BCUT2D eigenvalue weighted by atomic mass is 10.0. The van der Waals surface area contributed by atoms with Gasteiger partial charge in [0, 0.05) is 0 Å². The monoisotopic (exact) mass is 612 g/mol. The number of carboxylic acids is 2. The number of rotatable bonds is 14. The average Bonchev–Trinajstić information content (AvgIpc) is 2.76. The SMILES string of the molecule is CC(C)(N=NC(C)(C)C(=N)N)C(=N)N.CC(C)(N=NC(C)(C)C(N)=NCCC(=O)O)C(N)=NCCC(=O)O.Cl.Cl. The second-order valence-corrected chi connectivity index (χ2v) is 10.3. The number of aliphatic carboxylic acids is 2. The first kappa shape index (κ1) is 43.6. The van der Waals surface area contributed by atoms with Crippen LogP contribution in [0, 0.1) is 10.8 Å². The Balaban J connectivity index is -0.000000349. The summed E-state index contributed by atoms with van der Waals surface area (Å²) in [5.41, 5.74) is 18.8. The van der Waals surface area contributed by atoms with Crippen LogP contribution in [0.15, 0.2) is 30.4 Å². The molecule has 0 amide bonds. The maximum atomic E-state index is 10.5. The minimum atomic E-state index is -0.961. The zero-order valence-corrected chi connectivity index (χ0v) is 26.0. The second-order valence-electron chi connectivity index (χ2n) is 10.3. The summed E-state index contributed by atoms with van der Waals surface area (Å²) in [4.78, 5) is 28.9. The molecule has 0 aromatic carbocycles. The van der Waals surface area contributed by atoms with Gasteiger partial charge in [0.05, 0.1) is 25.9 Å². The number of hydrogen-bond donors (Lipinski definition) is 8. The molecule has 16 nitrogen and oxygen atoms in total. The van der Waals surface area contributed by atoms with Crippen molar-refractivity contribution in [3.05, 3.63) is 0 Å². The maximum Gasteiger partial charge on any atom is 0.305 e. The highest BCUT2D eigenvalue weighted by Gasteiger charge is 2.27. The fourth-order valence-corrected chi connectivity index (χ4v) is 1.64. The third kappa shape index (κ3) is 18.0. The average molecular weight is 614 g/mol. The van der Waals surface area contributed by atoms with Gasteiger partial charge in [0.1, 0.15) is 45.5 Å². The van der Waals surface area contributed by atoms with Crippen LogP contribution in [-0.4, -0.2) is 80.7 Å². The Bertz CT molecular complexity index is 914. The van der Waals surface area contributed by atoms with Crippen molar-refractivity contribution in [2.75, 3.05) is 13.1 Å². The third-order valence-electron chi connectivity index (χ3n) is 4.89. The predicted molar refractivity (Wildman–Crippen MR) is 162 cm³/mol. The molecule has 0 unspecified atom stereocenters. The van der Waals surface area contributed by atoms with Crippen LogP contribution >= 0.6 is 24.8 Å². The van der Waals surface area contributed by atoms with E-state index < -0.39 is 34.1 Å². The number of halogens is 2. The Morgan fingerprint density at radius 2 is 0.800 bits per heavy atom. The largest absolute Gasteiger partial charge is 0.481 e. The summed E-state index contributed by atoms with van der Waals surface area (Å²) >= 11 is 0. The Kier molecular flexibility index (Phi) is 19.7. The van der Waals surface area contributed by atoms with Crippen molar-refractivity contribution >= 4 is 60.1 Å². The van der Waals surface area contributed by atoms with Gasteiger partial charge in [-0.05, 0) is 55.4 Å². The van der Waals surface area contributed by atoms with Crippen molar-refractivity contribution in [2.24, 2.45) is 53.4 Å². The summed E-state index contributed by atoms with van der Waals surface area (Å²) < 4.78 is 0. The zero-order valence-electron chi connectivity index (χ0n) is 24.3. The first-order valence-electron chi connectivity index (χ1n) is 11.6. The van der Waals surface area contributed by atoms with Gasteiger partial charge < -0.3 is 33.1 Å². The van der Waals surface area contributed by atoms with E-state index >= 15 is 0 Å². The summed E-state index contributed by atoms with van der Waals surface area (Å²) in [6.45, 7) is 13.6. The first-order valence-corrected chi connectivity index (χ1v) is 11.6. The Morgan fingerprint density at radius 1 is 0.575 bits per heavy atom. The summed E-state index contributed by atoms with van der Waals surface area (Å²) in [7, 11) is 0. The van der Waals surface area contributed by atoms with E-state index in [-0.39, 0.29) is 74.1 Å². The van der Waals surface area contributed by atoms with E-state index in [1.807, 2.05) is 0 Å². The topological polar surface area (TPSA) is 301 Å². The minimum absolute atomic E-state index is 0. The molecule has 0 aliphatic rings. The van der Waals surface area contributed by atoms with Gasteiger partial charge in [-0.3, -0.25) is 30.4 Å². The Morgan fingerprint density at radius 3 is 1.00 bits per heavy atom. The molecule has 0 heterocycles. The first-order chi connectivity index (χ1) is 17.0. The smallest absolute Gasteiger partial charge is 0.305 e. The third-order valence-corrected chi connectivity index (χ3v) is 4.89. The molecular formula is C22H46Cl2N12O4. The van der Waals surface area contributed by atoms with E-state index in [0.717, 1.165) is 0 Å². The Labute approximate surface area is 247 Å². The van der Waals surface area contributed by atoms with E-state index in [4.69, 9.17) is 44.0 Å². The lowest BCUT2D eigenvalue weighted by Gasteiger charge is -2.22. The molecule has 0 saturated carbocycles. The van der Waals surface area contributed by atoms with Crippen LogP contribution in [0.3, 0.4) is 0 Å². The molecule has 0 aliphatic heterocycles. The molecule has 40 heavy (non-hydrogen) atoms. The number of hydrogen-bond acceptors (Lipinski definition) is 10. The highest BCUT2D eigenvalue weighted by molar-refractivity contribution is 5.91. The molecule has 12 N–H and O–H groups in total. The van der Waals surface area contributed by atoms with Gasteiger partial charge in [0.25, 0.3) is 0 Å². The number of nitrogens with zero attached hydrogens (tertiary/aromatic N) is 6. The normalized spacial score (nSPS) is 13.1. The van der Waals surface area contributed by atoms with Crippen LogP contribution in [-0.2, 0) is 9.59 Å². The summed E-state index contributed by atoms with van der Waals surface area (Å²) in [5, 5.41) is 47.8. The molecule has 0 aliphatic carbocycles. The molecule has 0 aromatic heterocycles. The van der Waals surface area contributed by atoms with Crippen molar-refractivity contribution in [1.82, 2.24) is 0 Å². The van der Waals surface area contributed by atoms with Gasteiger partial charge >= 0.3 is 11.9 Å². The summed E-state index contributed by atoms with van der Waals surface area (Å²) in [5.74, 6) is -1.74. The van der Waals surface area contributed by atoms with E-state index in [1.165, 1.54) is 0 Å². The van der Waals surface area contributed by atoms with Gasteiger partial charge in [-0.25, -0.2) is 0 Å². The van der Waals surface area contributed by atoms with Gasteiger partial charge in [0.15, 0.2) is 0 Å². The van der Waals surface area contributed by atoms with Crippen molar-refractivity contribution in [3.8, 4) is 0 Å². The number of nitrogens with one attached hydrogen (secondary N) is 2. The fourth-order valence-electron chi connectivity index (χ4n) is 1.64. The lowest BCUT2D eigenvalue weighted by molar-refractivity contribution is -0.137. The number of nitrogens with two attached hydrogens (primary N) is 4. The standard InChI is InChI=1S/C14H26N6O4.C8H18N6.2ClH/c1-13(2,11(15)17-7-5-9(21)22)19-20-14(3,4)12(16)18-8-6-10(23)24;1-7(2,5(9)10)13-14-8(3,4)6(11)12;;/h5-8H2,1-4H3,(H2,15,17)(H2,16,18)(H,21,22)(H,23,24);1-4H3,(H3,9,10)(H3,11,12);2*1H. The quantitative estimate of drug-likeness (QED) is 0.0814. The van der Waals surface area contributed by atoms with Crippen LogP contribution in [0.5, 0.6) is 0 Å². The second kappa shape index (κ2) is 18.0.